The minimum absolute atomic E-state index is 0.100. The smallest absolute Gasteiger partial charge is 0.372 e. The maximum absolute atomic E-state index is 13.0. The third-order valence-corrected chi connectivity index (χ3v) is 3.94. The first kappa shape index (κ1) is 14.2. The van der Waals surface area contributed by atoms with Gasteiger partial charge in [-0.2, -0.15) is 13.2 Å². The van der Waals surface area contributed by atoms with Crippen molar-refractivity contribution in [2.24, 2.45) is 11.7 Å². The van der Waals surface area contributed by atoms with Gasteiger partial charge < -0.3 is 10.6 Å². The van der Waals surface area contributed by atoms with Crippen molar-refractivity contribution < 1.29 is 13.2 Å². The fourth-order valence-corrected chi connectivity index (χ4v) is 2.36. The van der Waals surface area contributed by atoms with E-state index < -0.39 is 11.7 Å². The van der Waals surface area contributed by atoms with E-state index >= 15 is 0 Å². The Kier molecular flexibility index (Phi) is 3.76. The zero-order valence-electron chi connectivity index (χ0n) is 11.2. The number of rotatable bonds is 4. The molecule has 2 rings (SSSR count). The Morgan fingerprint density at radius 3 is 2.47 bits per heavy atom. The van der Waals surface area contributed by atoms with Gasteiger partial charge >= 0.3 is 6.18 Å². The monoisotopic (exact) mass is 272 g/mol. The minimum atomic E-state index is -4.35. The Bertz CT molecular complexity index is 452. The van der Waals surface area contributed by atoms with E-state index in [4.69, 9.17) is 5.73 Å². The third-order valence-electron chi connectivity index (χ3n) is 3.94. The van der Waals surface area contributed by atoms with E-state index in [0.717, 1.165) is 0 Å². The molecule has 0 saturated heterocycles. The van der Waals surface area contributed by atoms with Crippen LogP contribution in [-0.2, 0) is 12.7 Å². The minimum Gasteiger partial charge on any atom is -0.372 e. The molecule has 1 aromatic carbocycles. The average Bonchev–Trinajstić information content (AvgIpc) is 3.19. The van der Waals surface area contributed by atoms with E-state index in [9.17, 15) is 13.2 Å². The SMILES string of the molecule is CC(C1CC1)N(C)c1ccc(CN)c(C(F)(F)F)c1. The van der Waals surface area contributed by atoms with Crippen LogP contribution in [0.25, 0.3) is 0 Å². The second-order valence-corrected chi connectivity index (χ2v) is 5.23. The van der Waals surface area contributed by atoms with Crippen LogP contribution < -0.4 is 10.6 Å². The van der Waals surface area contributed by atoms with E-state index in [1.807, 2.05) is 11.9 Å². The largest absolute Gasteiger partial charge is 0.416 e. The second kappa shape index (κ2) is 5.04. The molecule has 0 radical (unpaired) electrons. The second-order valence-electron chi connectivity index (χ2n) is 5.23. The summed E-state index contributed by atoms with van der Waals surface area (Å²) in [5, 5.41) is 0. The van der Waals surface area contributed by atoms with Gasteiger partial charge in [-0.3, -0.25) is 0 Å². The van der Waals surface area contributed by atoms with Gasteiger partial charge in [0, 0.05) is 25.3 Å². The van der Waals surface area contributed by atoms with Gasteiger partial charge in [0.2, 0.25) is 0 Å². The van der Waals surface area contributed by atoms with Gasteiger partial charge in [-0.15, -0.1) is 0 Å². The first-order valence-corrected chi connectivity index (χ1v) is 6.47. The molecule has 0 bridgehead atoms. The van der Waals surface area contributed by atoms with Crippen LogP contribution in [0.1, 0.15) is 30.9 Å². The van der Waals surface area contributed by atoms with Crippen molar-refractivity contribution in [2.45, 2.75) is 38.5 Å². The molecule has 2 N–H and O–H groups in total. The summed E-state index contributed by atoms with van der Waals surface area (Å²) >= 11 is 0. The number of nitrogens with two attached hydrogens (primary N) is 1. The molecule has 1 atom stereocenters. The van der Waals surface area contributed by atoms with Crippen molar-refractivity contribution in [2.75, 3.05) is 11.9 Å². The summed E-state index contributed by atoms with van der Waals surface area (Å²) in [4.78, 5) is 1.92. The van der Waals surface area contributed by atoms with Crippen molar-refractivity contribution >= 4 is 5.69 Å². The van der Waals surface area contributed by atoms with Crippen molar-refractivity contribution in [3.8, 4) is 0 Å². The van der Waals surface area contributed by atoms with E-state index in [2.05, 4.69) is 6.92 Å². The molecule has 0 amide bonds. The molecule has 0 spiro atoms. The zero-order chi connectivity index (χ0) is 14.2. The van der Waals surface area contributed by atoms with E-state index in [1.54, 1.807) is 6.07 Å². The molecule has 19 heavy (non-hydrogen) atoms. The zero-order valence-corrected chi connectivity index (χ0v) is 11.2. The predicted octanol–water partition coefficient (Wildman–Crippen LogP) is 3.40. The first-order chi connectivity index (χ1) is 8.84. The van der Waals surface area contributed by atoms with Crippen LogP contribution in [-0.4, -0.2) is 13.1 Å². The van der Waals surface area contributed by atoms with Gasteiger partial charge in [0.25, 0.3) is 0 Å². The molecule has 1 aliphatic rings. The summed E-state index contributed by atoms with van der Waals surface area (Å²) in [5.74, 6) is 0.605. The molecule has 1 unspecified atom stereocenters. The van der Waals surface area contributed by atoms with E-state index in [-0.39, 0.29) is 18.2 Å². The molecular weight excluding hydrogens is 253 g/mol. The quantitative estimate of drug-likeness (QED) is 0.910. The van der Waals surface area contributed by atoms with Crippen molar-refractivity contribution in [1.29, 1.82) is 0 Å². The van der Waals surface area contributed by atoms with Crippen LogP contribution in [0, 0.1) is 5.92 Å². The molecule has 2 nitrogen and oxygen atoms in total. The number of anilines is 1. The summed E-state index contributed by atoms with van der Waals surface area (Å²) in [6, 6.07) is 4.68. The van der Waals surface area contributed by atoms with Gasteiger partial charge in [-0.05, 0) is 43.4 Å². The predicted molar refractivity (Wildman–Crippen MR) is 69.9 cm³/mol. The summed E-state index contributed by atoms with van der Waals surface area (Å²) < 4.78 is 38.9. The van der Waals surface area contributed by atoms with Crippen molar-refractivity contribution in [3.05, 3.63) is 29.3 Å². The topological polar surface area (TPSA) is 29.3 Å². The highest BCUT2D eigenvalue weighted by Crippen LogP contribution is 2.38. The molecule has 5 heteroatoms. The highest BCUT2D eigenvalue weighted by atomic mass is 19.4. The lowest BCUT2D eigenvalue weighted by Crippen LogP contribution is -2.30. The molecule has 0 aromatic heterocycles. The van der Waals surface area contributed by atoms with Gasteiger partial charge in [-0.25, -0.2) is 0 Å². The molecular formula is C14H19F3N2. The standard InChI is InChI=1S/C14H19F3N2/c1-9(10-3-4-10)19(2)12-6-5-11(8-18)13(7-12)14(15,16)17/h5-7,9-10H,3-4,8,18H2,1-2H3. The van der Waals surface area contributed by atoms with Crippen molar-refractivity contribution in [3.63, 3.8) is 0 Å². The highest BCUT2D eigenvalue weighted by molar-refractivity contribution is 5.52. The molecule has 1 aromatic rings. The van der Waals surface area contributed by atoms with Crippen LogP contribution in [0.2, 0.25) is 0 Å². The summed E-state index contributed by atoms with van der Waals surface area (Å²) in [6.07, 6.45) is -2.02. The van der Waals surface area contributed by atoms with E-state index in [1.165, 1.54) is 25.0 Å². The highest BCUT2D eigenvalue weighted by Gasteiger charge is 2.35. The van der Waals surface area contributed by atoms with Gasteiger partial charge in [0.05, 0.1) is 5.56 Å². The van der Waals surface area contributed by atoms with Gasteiger partial charge in [0.15, 0.2) is 0 Å². The number of hydrogen-bond donors (Lipinski definition) is 1. The fourth-order valence-electron chi connectivity index (χ4n) is 2.36. The van der Waals surface area contributed by atoms with Crippen LogP contribution >= 0.6 is 0 Å². The Morgan fingerprint density at radius 1 is 1.37 bits per heavy atom. The lowest BCUT2D eigenvalue weighted by atomic mass is 10.0. The van der Waals surface area contributed by atoms with Crippen LogP contribution in [0.3, 0.4) is 0 Å². The molecule has 0 heterocycles. The van der Waals surface area contributed by atoms with Crippen LogP contribution in [0.4, 0.5) is 18.9 Å². The van der Waals surface area contributed by atoms with Crippen molar-refractivity contribution in [1.82, 2.24) is 0 Å². The van der Waals surface area contributed by atoms with Crippen LogP contribution in [0.5, 0.6) is 0 Å². The maximum Gasteiger partial charge on any atom is 0.416 e. The number of benzene rings is 1. The molecule has 1 fully saturated rings. The first-order valence-electron chi connectivity index (χ1n) is 6.47. The Balaban J connectivity index is 2.31. The molecule has 1 saturated carbocycles. The van der Waals surface area contributed by atoms with Gasteiger partial charge in [-0.1, -0.05) is 6.07 Å². The fraction of sp³-hybridized carbons (Fsp3) is 0.571. The number of alkyl halides is 3. The summed E-state index contributed by atoms with van der Waals surface area (Å²) in [7, 11) is 1.85. The lowest BCUT2D eigenvalue weighted by molar-refractivity contribution is -0.138. The average molecular weight is 272 g/mol. The number of halogens is 3. The molecule has 0 aliphatic heterocycles. The van der Waals surface area contributed by atoms with Gasteiger partial charge in [0.1, 0.15) is 0 Å². The Hall–Kier alpha value is -1.23. The Morgan fingerprint density at radius 2 is 2.00 bits per heavy atom. The maximum atomic E-state index is 13.0. The normalized spacial score (nSPS) is 17.4. The lowest BCUT2D eigenvalue weighted by Gasteiger charge is -2.28. The number of hydrogen-bond acceptors (Lipinski definition) is 2. The summed E-state index contributed by atoms with van der Waals surface area (Å²) in [6.45, 7) is 1.96. The number of nitrogens with zero attached hydrogens (tertiary/aromatic N) is 1. The van der Waals surface area contributed by atoms with Crippen LogP contribution in [0.15, 0.2) is 18.2 Å². The summed E-state index contributed by atoms with van der Waals surface area (Å²) in [5.41, 5.74) is 5.50. The third kappa shape index (κ3) is 3.03. The molecule has 1 aliphatic carbocycles. The molecule has 106 valence electrons. The Labute approximate surface area is 111 Å². The van der Waals surface area contributed by atoms with E-state index in [0.29, 0.717) is 11.6 Å².